The molecule has 0 saturated heterocycles. The normalized spacial score (nSPS) is 10.3. The molecule has 0 unspecified atom stereocenters. The van der Waals surface area contributed by atoms with Crippen LogP contribution in [0, 0.1) is 0 Å². The van der Waals surface area contributed by atoms with Crippen LogP contribution in [0.5, 0.6) is 5.75 Å². The number of benzene rings is 2. The Hall–Kier alpha value is -3.19. The minimum Gasteiger partial charge on any atom is -0.496 e. The zero-order chi connectivity index (χ0) is 19.8. The average Bonchev–Trinajstić information content (AvgIpc) is 2.66. The third-order valence-electron chi connectivity index (χ3n) is 3.77. The zero-order valence-corrected chi connectivity index (χ0v) is 16.2. The SMILES string of the molecule is COc1ccccc1C=CC(=O)NC(=S)Nc1ccc(N(C)C(C)=O)cc1. The number of nitrogens with zero attached hydrogens (tertiary/aromatic N) is 1. The number of carbonyl (C=O) groups excluding carboxylic acids is 2. The number of carbonyl (C=O) groups is 2. The Morgan fingerprint density at radius 3 is 2.41 bits per heavy atom. The fourth-order valence-corrected chi connectivity index (χ4v) is 2.45. The van der Waals surface area contributed by atoms with E-state index in [1.165, 1.54) is 17.9 Å². The maximum absolute atomic E-state index is 12.0. The molecule has 27 heavy (non-hydrogen) atoms. The lowest BCUT2D eigenvalue weighted by Crippen LogP contribution is -2.32. The van der Waals surface area contributed by atoms with Gasteiger partial charge in [0.1, 0.15) is 5.75 Å². The van der Waals surface area contributed by atoms with Gasteiger partial charge < -0.3 is 15.0 Å². The van der Waals surface area contributed by atoms with Crippen molar-refractivity contribution in [3.63, 3.8) is 0 Å². The molecule has 0 spiro atoms. The second-order valence-corrected chi connectivity index (χ2v) is 6.05. The van der Waals surface area contributed by atoms with Crippen LogP contribution in [0.2, 0.25) is 0 Å². The highest BCUT2D eigenvalue weighted by Gasteiger charge is 2.06. The van der Waals surface area contributed by atoms with Gasteiger partial charge in [0, 0.05) is 37.0 Å². The van der Waals surface area contributed by atoms with Crippen molar-refractivity contribution in [2.45, 2.75) is 6.92 Å². The summed E-state index contributed by atoms with van der Waals surface area (Å²) in [5.74, 6) is 0.268. The van der Waals surface area contributed by atoms with E-state index in [1.54, 1.807) is 44.5 Å². The summed E-state index contributed by atoms with van der Waals surface area (Å²) in [6.07, 6.45) is 3.04. The van der Waals surface area contributed by atoms with E-state index < -0.39 is 0 Å². The average molecular weight is 383 g/mol. The summed E-state index contributed by atoms with van der Waals surface area (Å²) in [5.41, 5.74) is 2.26. The van der Waals surface area contributed by atoms with Gasteiger partial charge in [-0.2, -0.15) is 0 Å². The number of rotatable bonds is 5. The van der Waals surface area contributed by atoms with Gasteiger partial charge in [-0.15, -0.1) is 0 Å². The Morgan fingerprint density at radius 1 is 1.11 bits per heavy atom. The second-order valence-electron chi connectivity index (χ2n) is 5.64. The summed E-state index contributed by atoms with van der Waals surface area (Å²) in [6, 6.07) is 14.5. The van der Waals surface area contributed by atoms with Gasteiger partial charge >= 0.3 is 0 Å². The van der Waals surface area contributed by atoms with Crippen molar-refractivity contribution in [3.8, 4) is 5.75 Å². The summed E-state index contributed by atoms with van der Waals surface area (Å²) in [6.45, 7) is 1.50. The molecule has 6 nitrogen and oxygen atoms in total. The number of para-hydroxylation sites is 1. The Labute approximate surface area is 163 Å². The van der Waals surface area contributed by atoms with Crippen LogP contribution in [0.25, 0.3) is 6.08 Å². The number of hydrogen-bond donors (Lipinski definition) is 2. The molecular weight excluding hydrogens is 362 g/mol. The zero-order valence-electron chi connectivity index (χ0n) is 15.4. The third-order valence-corrected chi connectivity index (χ3v) is 3.98. The van der Waals surface area contributed by atoms with Crippen LogP contribution in [0.1, 0.15) is 12.5 Å². The van der Waals surface area contributed by atoms with Crippen LogP contribution in [0.3, 0.4) is 0 Å². The fourth-order valence-electron chi connectivity index (χ4n) is 2.24. The maximum Gasteiger partial charge on any atom is 0.250 e. The lowest BCUT2D eigenvalue weighted by molar-refractivity contribution is -0.116. The molecule has 0 aromatic heterocycles. The molecule has 7 heteroatoms. The Morgan fingerprint density at radius 2 is 1.78 bits per heavy atom. The van der Waals surface area contributed by atoms with E-state index in [9.17, 15) is 9.59 Å². The molecule has 0 radical (unpaired) electrons. The minimum atomic E-state index is -0.355. The molecule has 2 rings (SSSR count). The molecule has 2 N–H and O–H groups in total. The number of hydrogen-bond acceptors (Lipinski definition) is 4. The molecule has 0 fully saturated rings. The lowest BCUT2D eigenvalue weighted by atomic mass is 10.2. The van der Waals surface area contributed by atoms with Gasteiger partial charge in [0.05, 0.1) is 7.11 Å². The standard InChI is InChI=1S/C20H21N3O3S/c1-14(24)23(2)17-11-9-16(10-12-17)21-20(27)22-19(25)13-8-15-6-4-5-7-18(15)26-3/h4-13H,1-3H3,(H2,21,22,25,27). The van der Waals surface area contributed by atoms with Crippen molar-refractivity contribution in [2.75, 3.05) is 24.4 Å². The van der Waals surface area contributed by atoms with Crippen LogP contribution in [-0.4, -0.2) is 31.1 Å². The van der Waals surface area contributed by atoms with Gasteiger partial charge in [0.2, 0.25) is 11.8 Å². The molecule has 2 aromatic carbocycles. The first-order valence-corrected chi connectivity index (χ1v) is 8.59. The third kappa shape index (κ3) is 5.93. The van der Waals surface area contributed by atoms with Crippen LogP contribution in [-0.2, 0) is 9.59 Å². The van der Waals surface area contributed by atoms with E-state index >= 15 is 0 Å². The number of nitrogens with one attached hydrogen (secondary N) is 2. The second kappa shape index (κ2) is 9.49. The summed E-state index contributed by atoms with van der Waals surface area (Å²) >= 11 is 5.15. The van der Waals surface area contributed by atoms with Gasteiger partial charge in [-0.3, -0.25) is 14.9 Å². The molecule has 0 bridgehead atoms. The molecule has 0 atom stereocenters. The van der Waals surface area contributed by atoms with Crippen molar-refractivity contribution in [1.29, 1.82) is 0 Å². The first-order chi connectivity index (χ1) is 12.9. The number of methoxy groups -OCH3 is 1. The first kappa shape index (κ1) is 20.1. The van der Waals surface area contributed by atoms with Crippen molar-refractivity contribution in [3.05, 3.63) is 60.2 Å². The molecule has 2 aromatic rings. The molecule has 0 saturated carbocycles. The van der Waals surface area contributed by atoms with Crippen molar-refractivity contribution in [1.82, 2.24) is 5.32 Å². The van der Waals surface area contributed by atoms with Crippen LogP contribution < -0.4 is 20.3 Å². The van der Waals surface area contributed by atoms with Gasteiger partial charge in [0.25, 0.3) is 0 Å². The van der Waals surface area contributed by atoms with Crippen LogP contribution in [0.4, 0.5) is 11.4 Å². The maximum atomic E-state index is 12.0. The molecule has 2 amide bonds. The van der Waals surface area contributed by atoms with Gasteiger partial charge in [-0.25, -0.2) is 0 Å². The minimum absolute atomic E-state index is 0.0553. The lowest BCUT2D eigenvalue weighted by Gasteiger charge is -2.15. The Balaban J connectivity index is 1.92. The van der Waals surface area contributed by atoms with E-state index in [0.717, 1.165) is 11.3 Å². The molecule has 0 aliphatic carbocycles. The van der Waals surface area contributed by atoms with E-state index in [-0.39, 0.29) is 16.9 Å². The Bertz CT molecular complexity index is 863. The van der Waals surface area contributed by atoms with E-state index in [0.29, 0.717) is 11.4 Å². The predicted octanol–water partition coefficient (Wildman–Crippen LogP) is 3.20. The molecule has 0 aliphatic rings. The van der Waals surface area contributed by atoms with Gasteiger partial charge in [-0.05, 0) is 48.6 Å². The van der Waals surface area contributed by atoms with E-state index in [1.807, 2.05) is 24.3 Å². The number of amides is 2. The smallest absolute Gasteiger partial charge is 0.250 e. The summed E-state index contributed by atoms with van der Waals surface area (Å²) in [7, 11) is 3.27. The number of ether oxygens (including phenoxy) is 1. The predicted molar refractivity (Wildman–Crippen MR) is 112 cm³/mol. The summed E-state index contributed by atoms with van der Waals surface area (Å²) in [4.78, 5) is 24.9. The van der Waals surface area contributed by atoms with E-state index in [4.69, 9.17) is 17.0 Å². The van der Waals surface area contributed by atoms with E-state index in [2.05, 4.69) is 10.6 Å². The van der Waals surface area contributed by atoms with Crippen molar-refractivity contribution >= 4 is 46.6 Å². The van der Waals surface area contributed by atoms with Crippen molar-refractivity contribution in [2.24, 2.45) is 0 Å². The van der Waals surface area contributed by atoms with Crippen molar-refractivity contribution < 1.29 is 14.3 Å². The molecule has 140 valence electrons. The van der Waals surface area contributed by atoms with Crippen LogP contribution in [0.15, 0.2) is 54.6 Å². The number of thiocarbonyl (C=S) groups is 1. The highest BCUT2D eigenvalue weighted by atomic mass is 32.1. The fraction of sp³-hybridized carbons (Fsp3) is 0.150. The monoisotopic (exact) mass is 383 g/mol. The molecular formula is C20H21N3O3S. The largest absolute Gasteiger partial charge is 0.496 e. The summed E-state index contributed by atoms with van der Waals surface area (Å²) in [5, 5.41) is 5.69. The highest BCUT2D eigenvalue weighted by molar-refractivity contribution is 7.80. The van der Waals surface area contributed by atoms with Gasteiger partial charge in [-0.1, -0.05) is 18.2 Å². The van der Waals surface area contributed by atoms with Gasteiger partial charge in [0.15, 0.2) is 5.11 Å². The highest BCUT2D eigenvalue weighted by Crippen LogP contribution is 2.19. The first-order valence-electron chi connectivity index (χ1n) is 8.18. The Kier molecular flexibility index (Phi) is 7.08. The molecule has 0 heterocycles. The quantitative estimate of drug-likeness (QED) is 0.613. The molecule has 0 aliphatic heterocycles. The summed E-state index contributed by atoms with van der Waals surface area (Å²) < 4.78 is 5.23. The topological polar surface area (TPSA) is 70.7 Å². The van der Waals surface area contributed by atoms with Crippen LogP contribution >= 0.6 is 12.2 Å². The number of anilines is 2.